The molecule has 0 spiro atoms. The molecule has 2 aromatic carbocycles. The molecule has 0 atom stereocenters. The summed E-state index contributed by atoms with van der Waals surface area (Å²) in [6.45, 7) is 4.71. The molecule has 1 amide bonds. The molecular weight excluding hydrogens is 388 g/mol. The van der Waals surface area contributed by atoms with Crippen LogP contribution in [0.4, 0.5) is 5.82 Å². The molecular formula is C24H24N6O. The molecule has 4 aromatic rings. The summed E-state index contributed by atoms with van der Waals surface area (Å²) in [6, 6.07) is 20.3. The zero-order valence-electron chi connectivity index (χ0n) is 17.5. The van der Waals surface area contributed by atoms with E-state index in [-0.39, 0.29) is 11.7 Å². The van der Waals surface area contributed by atoms with E-state index >= 15 is 0 Å². The van der Waals surface area contributed by atoms with Crippen LogP contribution in [0.25, 0.3) is 11.1 Å². The number of pyridine rings is 1. The second-order valence-corrected chi connectivity index (χ2v) is 7.44. The van der Waals surface area contributed by atoms with Crippen LogP contribution >= 0.6 is 0 Å². The van der Waals surface area contributed by atoms with Crippen LogP contribution in [0.15, 0.2) is 67.0 Å². The summed E-state index contributed by atoms with van der Waals surface area (Å²) in [5.74, 6) is 0.288. The van der Waals surface area contributed by atoms with Gasteiger partial charge in [-0.05, 0) is 47.7 Å². The molecule has 156 valence electrons. The van der Waals surface area contributed by atoms with Gasteiger partial charge in [-0.3, -0.25) is 4.79 Å². The number of aryl methyl sites for hydroxylation is 2. The first-order chi connectivity index (χ1) is 15.0. The number of nitrogens with one attached hydrogen (secondary N) is 1. The maximum atomic E-state index is 12.5. The van der Waals surface area contributed by atoms with Crippen molar-refractivity contribution >= 4 is 11.7 Å². The second-order valence-electron chi connectivity index (χ2n) is 7.44. The standard InChI is InChI=1S/C24H24N6O/c1-16-12-22(25)28-17(2)21(16)13-26-24(31)23-27-15-30(29-23)14-18-8-10-20(11-9-18)19-6-4-3-5-7-19/h3-12,15H,13-14H2,1-2H3,(H2,25,28)(H,26,31). The number of carbonyl (C=O) groups excluding carboxylic acids is 1. The molecule has 3 N–H and O–H groups in total. The monoisotopic (exact) mass is 412 g/mol. The zero-order valence-corrected chi connectivity index (χ0v) is 17.5. The van der Waals surface area contributed by atoms with Crippen molar-refractivity contribution in [3.05, 3.63) is 95.2 Å². The van der Waals surface area contributed by atoms with E-state index in [1.54, 1.807) is 17.1 Å². The Hall–Kier alpha value is -4.00. The van der Waals surface area contributed by atoms with Crippen LogP contribution in [-0.2, 0) is 13.1 Å². The third-order valence-electron chi connectivity index (χ3n) is 5.14. The fraction of sp³-hybridized carbons (Fsp3) is 0.167. The van der Waals surface area contributed by atoms with E-state index in [9.17, 15) is 4.79 Å². The third kappa shape index (κ3) is 4.78. The van der Waals surface area contributed by atoms with Crippen molar-refractivity contribution in [1.82, 2.24) is 25.1 Å². The Morgan fingerprint density at radius 2 is 1.74 bits per heavy atom. The number of nitrogen functional groups attached to an aromatic ring is 1. The molecule has 31 heavy (non-hydrogen) atoms. The Bertz CT molecular complexity index is 1180. The van der Waals surface area contributed by atoms with Gasteiger partial charge in [-0.2, -0.15) is 0 Å². The quantitative estimate of drug-likeness (QED) is 0.505. The Labute approximate surface area is 181 Å². The number of hydrogen-bond acceptors (Lipinski definition) is 5. The molecule has 2 aromatic heterocycles. The van der Waals surface area contributed by atoms with Crippen LogP contribution in [0.5, 0.6) is 0 Å². The number of amides is 1. The van der Waals surface area contributed by atoms with Crippen LogP contribution < -0.4 is 11.1 Å². The van der Waals surface area contributed by atoms with Gasteiger partial charge >= 0.3 is 0 Å². The highest BCUT2D eigenvalue weighted by molar-refractivity contribution is 5.90. The van der Waals surface area contributed by atoms with Crippen LogP contribution in [-0.4, -0.2) is 25.7 Å². The fourth-order valence-electron chi connectivity index (χ4n) is 3.50. The van der Waals surface area contributed by atoms with E-state index in [0.717, 1.165) is 27.9 Å². The molecule has 7 heteroatoms. The van der Waals surface area contributed by atoms with Gasteiger partial charge in [0.2, 0.25) is 5.82 Å². The first-order valence-corrected chi connectivity index (χ1v) is 10.0. The molecule has 4 rings (SSSR count). The highest BCUT2D eigenvalue weighted by atomic mass is 16.2. The van der Waals surface area contributed by atoms with Gasteiger partial charge in [0.05, 0.1) is 6.54 Å². The molecule has 0 aliphatic carbocycles. The predicted octanol–water partition coefficient (Wildman–Crippen LogP) is 3.52. The second kappa shape index (κ2) is 8.79. The molecule has 0 fully saturated rings. The summed E-state index contributed by atoms with van der Waals surface area (Å²) in [5.41, 5.74) is 11.9. The van der Waals surface area contributed by atoms with Gasteiger partial charge in [-0.1, -0.05) is 54.6 Å². The molecule has 0 bridgehead atoms. The highest BCUT2D eigenvalue weighted by Gasteiger charge is 2.13. The Morgan fingerprint density at radius 1 is 1.03 bits per heavy atom. The van der Waals surface area contributed by atoms with E-state index in [4.69, 9.17) is 5.73 Å². The Balaban J connectivity index is 1.38. The largest absolute Gasteiger partial charge is 0.384 e. The lowest BCUT2D eigenvalue weighted by Gasteiger charge is -2.10. The minimum absolute atomic E-state index is 0.139. The van der Waals surface area contributed by atoms with Gasteiger partial charge in [-0.25, -0.2) is 14.6 Å². The minimum Gasteiger partial charge on any atom is -0.384 e. The zero-order chi connectivity index (χ0) is 21.8. The van der Waals surface area contributed by atoms with Crippen molar-refractivity contribution in [3.63, 3.8) is 0 Å². The lowest BCUT2D eigenvalue weighted by atomic mass is 10.0. The maximum Gasteiger partial charge on any atom is 0.291 e. The SMILES string of the molecule is Cc1cc(N)nc(C)c1CNC(=O)c1ncn(Cc2ccc(-c3ccccc3)cc2)n1. The van der Waals surface area contributed by atoms with Gasteiger partial charge in [0.15, 0.2) is 0 Å². The summed E-state index contributed by atoms with van der Waals surface area (Å²) in [7, 11) is 0. The fourth-order valence-corrected chi connectivity index (χ4v) is 3.50. The first kappa shape index (κ1) is 20.3. The summed E-state index contributed by atoms with van der Waals surface area (Å²) in [4.78, 5) is 20.9. The number of benzene rings is 2. The van der Waals surface area contributed by atoms with Gasteiger partial charge in [0.25, 0.3) is 5.91 Å². The smallest absolute Gasteiger partial charge is 0.291 e. The normalized spacial score (nSPS) is 10.8. The van der Waals surface area contributed by atoms with E-state index in [1.165, 1.54) is 5.56 Å². The van der Waals surface area contributed by atoms with Gasteiger partial charge < -0.3 is 11.1 Å². The van der Waals surface area contributed by atoms with Crippen molar-refractivity contribution in [2.24, 2.45) is 0 Å². The lowest BCUT2D eigenvalue weighted by Crippen LogP contribution is -2.25. The number of anilines is 1. The molecule has 2 heterocycles. The van der Waals surface area contributed by atoms with Crippen molar-refractivity contribution in [1.29, 1.82) is 0 Å². The minimum atomic E-state index is -0.325. The Morgan fingerprint density at radius 3 is 2.45 bits per heavy atom. The lowest BCUT2D eigenvalue weighted by molar-refractivity contribution is 0.0940. The van der Waals surface area contributed by atoms with Gasteiger partial charge in [-0.15, -0.1) is 5.10 Å². The molecule has 0 saturated heterocycles. The molecule has 0 aliphatic rings. The van der Waals surface area contributed by atoms with Crippen LogP contribution in [0.3, 0.4) is 0 Å². The van der Waals surface area contributed by atoms with E-state index in [0.29, 0.717) is 18.9 Å². The average molecular weight is 412 g/mol. The summed E-state index contributed by atoms with van der Waals surface area (Å²) in [6.07, 6.45) is 1.57. The van der Waals surface area contributed by atoms with E-state index < -0.39 is 0 Å². The number of hydrogen-bond donors (Lipinski definition) is 2. The highest BCUT2D eigenvalue weighted by Crippen LogP contribution is 2.19. The van der Waals surface area contributed by atoms with Crippen molar-refractivity contribution in [2.75, 3.05) is 5.73 Å². The number of aromatic nitrogens is 4. The van der Waals surface area contributed by atoms with Crippen molar-refractivity contribution in [3.8, 4) is 11.1 Å². The maximum absolute atomic E-state index is 12.5. The van der Waals surface area contributed by atoms with Gasteiger partial charge in [0, 0.05) is 12.2 Å². The predicted molar refractivity (Wildman–Crippen MR) is 120 cm³/mol. The van der Waals surface area contributed by atoms with Crippen LogP contribution in [0.1, 0.15) is 33.0 Å². The number of carbonyl (C=O) groups is 1. The van der Waals surface area contributed by atoms with Crippen molar-refractivity contribution < 1.29 is 4.79 Å². The number of nitrogens with zero attached hydrogens (tertiary/aromatic N) is 4. The van der Waals surface area contributed by atoms with Crippen molar-refractivity contribution in [2.45, 2.75) is 26.9 Å². The van der Waals surface area contributed by atoms with Crippen LogP contribution in [0, 0.1) is 13.8 Å². The van der Waals surface area contributed by atoms with Gasteiger partial charge in [0.1, 0.15) is 12.1 Å². The summed E-state index contributed by atoms with van der Waals surface area (Å²) < 4.78 is 1.66. The third-order valence-corrected chi connectivity index (χ3v) is 5.14. The molecule has 0 saturated carbocycles. The first-order valence-electron chi connectivity index (χ1n) is 10.0. The molecule has 7 nitrogen and oxygen atoms in total. The van der Waals surface area contributed by atoms with E-state index in [1.807, 2.05) is 32.0 Å². The van der Waals surface area contributed by atoms with E-state index in [2.05, 4.69) is 56.8 Å². The topological polar surface area (TPSA) is 98.7 Å². The van der Waals surface area contributed by atoms with Crippen LogP contribution in [0.2, 0.25) is 0 Å². The molecule has 0 radical (unpaired) electrons. The molecule has 0 aliphatic heterocycles. The Kier molecular flexibility index (Phi) is 5.75. The number of rotatable bonds is 6. The summed E-state index contributed by atoms with van der Waals surface area (Å²) >= 11 is 0. The molecule has 0 unspecified atom stereocenters. The average Bonchev–Trinajstić information content (AvgIpc) is 3.22. The number of nitrogens with two attached hydrogens (primary N) is 1. The summed E-state index contributed by atoms with van der Waals surface area (Å²) in [5, 5.41) is 7.18.